The van der Waals surface area contributed by atoms with Gasteiger partial charge in [0.2, 0.25) is 11.8 Å². The fourth-order valence-electron chi connectivity index (χ4n) is 1.43. The molecule has 1 aromatic carbocycles. The molecule has 0 spiro atoms. The fourth-order valence-corrected chi connectivity index (χ4v) is 1.62. The smallest absolute Gasteiger partial charge is 0.387 e. The molecule has 0 aliphatic heterocycles. The van der Waals surface area contributed by atoms with Crippen LogP contribution in [0.15, 0.2) is 28.7 Å². The number of hydrogen-bond donors (Lipinski definition) is 0. The second-order valence-corrected chi connectivity index (χ2v) is 4.83. The highest BCUT2D eigenvalue weighted by Crippen LogP contribution is 2.28. The number of halogens is 3. The summed E-state index contributed by atoms with van der Waals surface area (Å²) in [5.41, 5.74) is 0.649. The Bertz CT molecular complexity index is 531. The van der Waals surface area contributed by atoms with E-state index < -0.39 is 6.61 Å². The molecule has 7 heteroatoms. The number of ether oxygens (including phenoxy) is 1. The Morgan fingerprint density at radius 1 is 1.26 bits per heavy atom. The maximum absolute atomic E-state index is 12.0. The van der Waals surface area contributed by atoms with Crippen molar-refractivity contribution in [2.75, 3.05) is 0 Å². The summed E-state index contributed by atoms with van der Waals surface area (Å²) in [4.78, 5) is 0.00944. The van der Waals surface area contributed by atoms with Crippen LogP contribution in [0, 0.1) is 0 Å². The molecule has 1 aromatic heterocycles. The summed E-state index contributed by atoms with van der Waals surface area (Å²) in [5.74, 6) is 0.923. The average molecular weight is 333 g/mol. The van der Waals surface area contributed by atoms with Crippen LogP contribution in [0.1, 0.15) is 24.1 Å². The lowest BCUT2D eigenvalue weighted by molar-refractivity contribution is -0.0498. The van der Waals surface area contributed by atoms with E-state index in [9.17, 15) is 8.78 Å². The number of nitrogens with zero attached hydrogens (tertiary/aromatic N) is 2. The van der Waals surface area contributed by atoms with Crippen molar-refractivity contribution in [2.24, 2.45) is 0 Å². The maximum Gasteiger partial charge on any atom is 0.387 e. The van der Waals surface area contributed by atoms with Gasteiger partial charge in [-0.15, -0.1) is 10.2 Å². The maximum atomic E-state index is 12.0. The third-order valence-electron chi connectivity index (χ3n) is 2.39. The minimum atomic E-state index is -2.83. The molecule has 0 aliphatic rings. The Balaban J connectivity index is 2.15. The van der Waals surface area contributed by atoms with Gasteiger partial charge in [-0.25, -0.2) is 0 Å². The monoisotopic (exact) mass is 332 g/mol. The Morgan fingerprint density at radius 2 is 1.95 bits per heavy atom. The first-order valence-corrected chi connectivity index (χ1v) is 6.54. The molecule has 19 heavy (non-hydrogen) atoms. The summed E-state index contributed by atoms with van der Waals surface area (Å²) in [6.07, 6.45) is 0.822. The Kier molecular flexibility index (Phi) is 4.47. The minimum Gasteiger partial charge on any atom is -0.435 e. The minimum absolute atomic E-state index is 0.00944. The lowest BCUT2D eigenvalue weighted by atomic mass is 10.2. The second kappa shape index (κ2) is 6.10. The molecule has 0 radical (unpaired) electrons. The molecule has 0 aliphatic carbocycles. The molecular weight excluding hydrogens is 322 g/mol. The van der Waals surface area contributed by atoms with E-state index in [0.717, 1.165) is 6.42 Å². The van der Waals surface area contributed by atoms with E-state index in [0.29, 0.717) is 17.3 Å². The van der Waals surface area contributed by atoms with E-state index in [1.807, 2.05) is 6.92 Å². The normalized spacial score (nSPS) is 12.7. The first-order valence-electron chi connectivity index (χ1n) is 5.63. The van der Waals surface area contributed by atoms with Gasteiger partial charge in [-0.3, -0.25) is 0 Å². The molecule has 0 N–H and O–H groups in total. The van der Waals surface area contributed by atoms with E-state index in [-0.39, 0.29) is 10.6 Å². The quantitative estimate of drug-likeness (QED) is 0.770. The zero-order chi connectivity index (χ0) is 13.8. The van der Waals surface area contributed by atoms with Crippen molar-refractivity contribution in [2.45, 2.75) is 24.8 Å². The summed E-state index contributed by atoms with van der Waals surface area (Å²) in [5, 5.41) is 7.83. The number of benzene rings is 1. The summed E-state index contributed by atoms with van der Waals surface area (Å²) in [6.45, 7) is -0.848. The van der Waals surface area contributed by atoms with Gasteiger partial charge in [0.15, 0.2) is 0 Å². The third-order valence-corrected chi connectivity index (χ3v) is 3.43. The standard InChI is InChI=1S/C12H11BrF2N2O2/c1-2-9(13)11-17-16-10(19-11)7-3-5-8(6-4-7)18-12(14)15/h3-6,9,12H,2H2,1H3. The number of aromatic nitrogens is 2. The lowest BCUT2D eigenvalue weighted by Crippen LogP contribution is -2.01. The highest BCUT2D eigenvalue weighted by Gasteiger charge is 2.14. The second-order valence-electron chi connectivity index (χ2n) is 3.72. The van der Waals surface area contributed by atoms with E-state index in [4.69, 9.17) is 4.42 Å². The molecule has 0 saturated heterocycles. The van der Waals surface area contributed by atoms with Gasteiger partial charge >= 0.3 is 6.61 Å². The Hall–Kier alpha value is -1.50. The highest BCUT2D eigenvalue weighted by molar-refractivity contribution is 9.09. The molecule has 0 amide bonds. The van der Waals surface area contributed by atoms with Crippen molar-refractivity contribution in [1.29, 1.82) is 0 Å². The molecule has 0 saturated carbocycles. The Morgan fingerprint density at radius 3 is 2.53 bits per heavy atom. The van der Waals surface area contributed by atoms with E-state index >= 15 is 0 Å². The first-order chi connectivity index (χ1) is 9.10. The molecule has 2 rings (SSSR count). The molecular formula is C12H11BrF2N2O2. The zero-order valence-corrected chi connectivity index (χ0v) is 11.6. The van der Waals surface area contributed by atoms with Gasteiger partial charge in [0, 0.05) is 5.56 Å². The van der Waals surface area contributed by atoms with Crippen LogP contribution in [0.3, 0.4) is 0 Å². The highest BCUT2D eigenvalue weighted by atomic mass is 79.9. The van der Waals surface area contributed by atoms with Crippen LogP contribution in [0.25, 0.3) is 11.5 Å². The van der Waals surface area contributed by atoms with Gasteiger partial charge < -0.3 is 9.15 Å². The van der Waals surface area contributed by atoms with Gasteiger partial charge in [0.05, 0.1) is 4.83 Å². The molecule has 1 atom stereocenters. The van der Waals surface area contributed by atoms with Crippen LogP contribution >= 0.6 is 15.9 Å². The van der Waals surface area contributed by atoms with Gasteiger partial charge in [-0.05, 0) is 30.7 Å². The molecule has 4 nitrogen and oxygen atoms in total. The predicted molar refractivity (Wildman–Crippen MR) is 68.3 cm³/mol. The third kappa shape index (κ3) is 3.50. The topological polar surface area (TPSA) is 48.2 Å². The van der Waals surface area contributed by atoms with Crippen LogP contribution in [0.5, 0.6) is 5.75 Å². The van der Waals surface area contributed by atoms with Crippen molar-refractivity contribution < 1.29 is 17.9 Å². The van der Waals surface area contributed by atoms with Crippen molar-refractivity contribution in [3.05, 3.63) is 30.2 Å². The summed E-state index contributed by atoms with van der Waals surface area (Å²) < 4.78 is 33.8. The molecule has 0 bridgehead atoms. The van der Waals surface area contributed by atoms with Crippen LogP contribution in [0.4, 0.5) is 8.78 Å². The number of rotatable bonds is 5. The van der Waals surface area contributed by atoms with Gasteiger partial charge in [-0.2, -0.15) is 8.78 Å². The van der Waals surface area contributed by atoms with Crippen molar-refractivity contribution in [3.63, 3.8) is 0 Å². The van der Waals surface area contributed by atoms with Crippen molar-refractivity contribution >= 4 is 15.9 Å². The summed E-state index contributed by atoms with van der Waals surface area (Å²) in [6, 6.07) is 6.03. The van der Waals surface area contributed by atoms with E-state index in [2.05, 4.69) is 30.9 Å². The van der Waals surface area contributed by atoms with Gasteiger partial charge in [0.1, 0.15) is 5.75 Å². The van der Waals surface area contributed by atoms with Gasteiger partial charge in [0.25, 0.3) is 0 Å². The molecule has 102 valence electrons. The van der Waals surface area contributed by atoms with Crippen molar-refractivity contribution in [1.82, 2.24) is 10.2 Å². The van der Waals surface area contributed by atoms with Crippen molar-refractivity contribution in [3.8, 4) is 17.2 Å². The lowest BCUT2D eigenvalue weighted by Gasteiger charge is -2.03. The average Bonchev–Trinajstić information content (AvgIpc) is 2.87. The molecule has 1 unspecified atom stereocenters. The van der Waals surface area contributed by atoms with E-state index in [1.54, 1.807) is 12.1 Å². The van der Waals surface area contributed by atoms with Gasteiger partial charge in [-0.1, -0.05) is 22.9 Å². The van der Waals surface area contributed by atoms with Crippen LogP contribution in [0.2, 0.25) is 0 Å². The number of hydrogen-bond acceptors (Lipinski definition) is 4. The molecule has 1 heterocycles. The fraction of sp³-hybridized carbons (Fsp3) is 0.333. The first kappa shape index (κ1) is 13.9. The molecule has 2 aromatic rings. The summed E-state index contributed by atoms with van der Waals surface area (Å²) >= 11 is 3.41. The predicted octanol–water partition coefficient (Wildman–Crippen LogP) is 4.18. The number of alkyl halides is 3. The largest absolute Gasteiger partial charge is 0.435 e. The SMILES string of the molecule is CCC(Br)c1nnc(-c2ccc(OC(F)F)cc2)o1. The molecule has 0 fully saturated rings. The summed E-state index contributed by atoms with van der Waals surface area (Å²) in [7, 11) is 0. The van der Waals surface area contributed by atoms with Crippen LogP contribution in [-0.2, 0) is 0 Å². The van der Waals surface area contributed by atoms with E-state index in [1.165, 1.54) is 12.1 Å². The van der Waals surface area contributed by atoms with Crippen LogP contribution < -0.4 is 4.74 Å². The Labute approximate surface area is 116 Å². The zero-order valence-electron chi connectivity index (χ0n) is 10.0. The van der Waals surface area contributed by atoms with Crippen LogP contribution in [-0.4, -0.2) is 16.8 Å².